The highest BCUT2D eigenvalue weighted by atomic mass is 35.5. The number of nitrogens with one attached hydrogen (secondary N) is 2. The van der Waals surface area contributed by atoms with E-state index < -0.39 is 11.7 Å². The van der Waals surface area contributed by atoms with Gasteiger partial charge in [-0.25, -0.2) is 4.98 Å². The average Bonchev–Trinajstić information content (AvgIpc) is 2.96. The second-order valence-electron chi connectivity index (χ2n) is 11.1. The largest absolute Gasteiger partial charge is 0.416 e. The number of aromatic nitrogens is 1. The molecule has 0 radical (unpaired) electrons. The first kappa shape index (κ1) is 30.6. The minimum absolute atomic E-state index is 0.0172. The lowest BCUT2D eigenvalue weighted by molar-refractivity contribution is -0.138. The Morgan fingerprint density at radius 1 is 1.00 bits per heavy atom. The van der Waals surface area contributed by atoms with Gasteiger partial charge in [0.1, 0.15) is 5.82 Å². The first-order chi connectivity index (χ1) is 20.5. The zero-order valence-corrected chi connectivity index (χ0v) is 24.8. The van der Waals surface area contributed by atoms with E-state index in [0.29, 0.717) is 62.9 Å². The monoisotopic (exact) mass is 614 g/mol. The fourth-order valence-electron chi connectivity index (χ4n) is 5.43. The molecule has 12 heteroatoms. The Balaban J connectivity index is 1.27. The van der Waals surface area contributed by atoms with Crippen LogP contribution in [0.15, 0.2) is 54.7 Å². The van der Waals surface area contributed by atoms with Crippen molar-refractivity contribution in [2.45, 2.75) is 32.6 Å². The lowest BCUT2D eigenvalue weighted by Crippen LogP contribution is -2.51. The fraction of sp³-hybridized carbons (Fsp3) is 0.387. The molecule has 2 N–H and O–H groups in total. The average molecular weight is 615 g/mol. The number of pyridine rings is 1. The van der Waals surface area contributed by atoms with Gasteiger partial charge in [-0.1, -0.05) is 23.7 Å². The lowest BCUT2D eigenvalue weighted by Gasteiger charge is -2.34. The van der Waals surface area contributed by atoms with Crippen LogP contribution in [-0.2, 0) is 17.5 Å². The summed E-state index contributed by atoms with van der Waals surface area (Å²) in [5.74, 6) is 0.508. The number of anilines is 2. The first-order valence-corrected chi connectivity index (χ1v) is 14.6. The molecule has 0 unspecified atom stereocenters. The molecule has 2 aliphatic rings. The third-order valence-corrected chi connectivity index (χ3v) is 7.79. The van der Waals surface area contributed by atoms with Gasteiger partial charge >= 0.3 is 6.18 Å². The predicted molar refractivity (Wildman–Crippen MR) is 161 cm³/mol. The summed E-state index contributed by atoms with van der Waals surface area (Å²) in [6.07, 6.45) is -2.78. The van der Waals surface area contributed by atoms with Gasteiger partial charge in [-0.15, -0.1) is 0 Å². The molecule has 0 aliphatic carbocycles. The van der Waals surface area contributed by atoms with Gasteiger partial charge in [-0.05, 0) is 61.4 Å². The fourth-order valence-corrected chi connectivity index (χ4v) is 5.62. The summed E-state index contributed by atoms with van der Waals surface area (Å²) in [6, 6.07) is 12.9. The van der Waals surface area contributed by atoms with Crippen molar-refractivity contribution in [3.8, 4) is 11.1 Å². The number of alkyl halides is 3. The Bertz CT molecular complexity index is 1470. The smallest absolute Gasteiger partial charge is 0.367 e. The van der Waals surface area contributed by atoms with Crippen LogP contribution in [0, 0.1) is 0 Å². The van der Waals surface area contributed by atoms with Crippen molar-refractivity contribution < 1.29 is 22.8 Å². The number of carbonyl (C=O) groups is 2. The zero-order valence-electron chi connectivity index (χ0n) is 24.0. The molecule has 2 aliphatic heterocycles. The van der Waals surface area contributed by atoms with E-state index in [1.165, 1.54) is 12.1 Å². The molecule has 5 rings (SSSR count). The molecule has 1 fully saturated rings. The van der Waals surface area contributed by atoms with Gasteiger partial charge in [-0.2, -0.15) is 13.2 Å². The molecule has 0 atom stereocenters. The summed E-state index contributed by atoms with van der Waals surface area (Å²) in [5.41, 5.74) is 2.25. The quantitative estimate of drug-likeness (QED) is 0.384. The summed E-state index contributed by atoms with van der Waals surface area (Å²) in [6.45, 7) is 7.55. The minimum atomic E-state index is -4.49. The third kappa shape index (κ3) is 7.40. The van der Waals surface area contributed by atoms with Crippen LogP contribution in [0.2, 0.25) is 5.02 Å². The van der Waals surface area contributed by atoms with E-state index in [-0.39, 0.29) is 35.0 Å². The van der Waals surface area contributed by atoms with E-state index >= 15 is 0 Å². The van der Waals surface area contributed by atoms with Gasteiger partial charge in [0.15, 0.2) is 0 Å². The Morgan fingerprint density at radius 3 is 2.40 bits per heavy atom. The molecule has 1 aromatic heterocycles. The summed E-state index contributed by atoms with van der Waals surface area (Å²) in [7, 11) is 0. The Morgan fingerprint density at radius 2 is 1.72 bits per heavy atom. The van der Waals surface area contributed by atoms with Crippen molar-refractivity contribution in [2.75, 3.05) is 56.0 Å². The second kappa shape index (κ2) is 12.8. The molecule has 1 saturated heterocycles. The number of hydrogen-bond acceptors (Lipinski definition) is 6. The number of nitrogens with zero attached hydrogens (tertiary/aromatic N) is 4. The van der Waals surface area contributed by atoms with Crippen molar-refractivity contribution in [3.63, 3.8) is 0 Å². The number of fused-ring (bicyclic) bond motifs is 1. The molecule has 0 saturated carbocycles. The lowest BCUT2D eigenvalue weighted by atomic mass is 10.0. The van der Waals surface area contributed by atoms with Crippen molar-refractivity contribution in [1.29, 1.82) is 0 Å². The van der Waals surface area contributed by atoms with Gasteiger partial charge in [0.05, 0.1) is 17.8 Å². The van der Waals surface area contributed by atoms with Crippen LogP contribution in [0.5, 0.6) is 0 Å². The number of rotatable bonds is 7. The first-order valence-electron chi connectivity index (χ1n) is 14.2. The molecule has 0 spiro atoms. The molecule has 2 aromatic carbocycles. The Hall–Kier alpha value is -3.83. The normalized spacial score (nSPS) is 15.7. The Kier molecular flexibility index (Phi) is 9.12. The van der Waals surface area contributed by atoms with Crippen molar-refractivity contribution >= 4 is 34.9 Å². The van der Waals surface area contributed by atoms with Crippen LogP contribution in [-0.4, -0.2) is 78.5 Å². The molecule has 43 heavy (non-hydrogen) atoms. The van der Waals surface area contributed by atoms with Gasteiger partial charge in [-0.3, -0.25) is 14.5 Å². The number of amides is 2. The summed E-state index contributed by atoms with van der Waals surface area (Å²) < 4.78 is 41.1. The third-order valence-electron chi connectivity index (χ3n) is 7.56. The maximum Gasteiger partial charge on any atom is 0.416 e. The highest BCUT2D eigenvalue weighted by Crippen LogP contribution is 2.37. The van der Waals surface area contributed by atoms with Gasteiger partial charge in [0, 0.05) is 74.2 Å². The minimum Gasteiger partial charge on any atom is -0.367 e. The number of benzene rings is 2. The van der Waals surface area contributed by atoms with Gasteiger partial charge in [0.2, 0.25) is 5.91 Å². The van der Waals surface area contributed by atoms with Crippen molar-refractivity contribution in [1.82, 2.24) is 20.1 Å². The molecule has 2 amide bonds. The molecule has 8 nitrogen and oxygen atoms in total. The van der Waals surface area contributed by atoms with Crippen LogP contribution in [0.3, 0.4) is 0 Å². The van der Waals surface area contributed by atoms with Crippen LogP contribution in [0.1, 0.15) is 35.3 Å². The van der Waals surface area contributed by atoms with E-state index in [1.807, 2.05) is 41.8 Å². The molecule has 0 bridgehead atoms. The topological polar surface area (TPSA) is 80.8 Å². The molecule has 3 heterocycles. The van der Waals surface area contributed by atoms with Crippen LogP contribution < -0.4 is 15.5 Å². The van der Waals surface area contributed by atoms with Crippen molar-refractivity contribution in [2.24, 2.45) is 0 Å². The van der Waals surface area contributed by atoms with E-state index in [0.717, 1.165) is 17.2 Å². The number of hydrogen-bond donors (Lipinski definition) is 2. The zero-order chi connectivity index (χ0) is 30.7. The van der Waals surface area contributed by atoms with E-state index in [2.05, 4.69) is 15.6 Å². The molecule has 3 aromatic rings. The van der Waals surface area contributed by atoms with E-state index in [1.54, 1.807) is 23.2 Å². The van der Waals surface area contributed by atoms with E-state index in [9.17, 15) is 22.8 Å². The summed E-state index contributed by atoms with van der Waals surface area (Å²) in [4.78, 5) is 35.5. The Labute approximate surface area is 253 Å². The van der Waals surface area contributed by atoms with Crippen LogP contribution in [0.25, 0.3) is 11.1 Å². The molecule has 228 valence electrons. The number of carbonyl (C=O) groups excluding carboxylic acids is 2. The van der Waals surface area contributed by atoms with Crippen LogP contribution >= 0.6 is 11.6 Å². The van der Waals surface area contributed by atoms with Gasteiger partial charge in [0.25, 0.3) is 5.91 Å². The predicted octanol–water partition coefficient (Wildman–Crippen LogP) is 5.14. The van der Waals surface area contributed by atoms with Crippen molar-refractivity contribution in [3.05, 3.63) is 76.4 Å². The standard InChI is InChI=1S/C31H34ClF3N6O2/c1-20(2)38-28(42)19-39-11-13-40(14-12-39)30(43)22-5-3-21(4-6-22)23-16-27-29(37-17-23)36-9-10-41(27)18-24-15-25(32)7-8-26(24)31(33,34)35/h3-8,15-17,20H,9-14,18-19H2,1-2H3,(H,36,37)(H,38,42). The second-order valence-corrected chi connectivity index (χ2v) is 11.5. The maximum atomic E-state index is 13.7. The number of piperazine rings is 1. The summed E-state index contributed by atoms with van der Waals surface area (Å²) in [5, 5.41) is 6.36. The highest BCUT2D eigenvalue weighted by molar-refractivity contribution is 6.30. The SMILES string of the molecule is CC(C)NC(=O)CN1CCN(C(=O)c2ccc(-c3cnc4c(c3)N(Cc3cc(Cl)ccc3C(F)(F)F)CCN4)cc2)CC1. The summed E-state index contributed by atoms with van der Waals surface area (Å²) >= 11 is 6.06. The van der Waals surface area contributed by atoms with E-state index in [4.69, 9.17) is 11.6 Å². The number of halogens is 4. The van der Waals surface area contributed by atoms with Gasteiger partial charge < -0.3 is 20.4 Å². The maximum absolute atomic E-state index is 13.7. The highest BCUT2D eigenvalue weighted by Gasteiger charge is 2.34. The van der Waals surface area contributed by atoms with Crippen LogP contribution in [0.4, 0.5) is 24.7 Å². The molecular formula is C31H34ClF3N6O2. The molecular weight excluding hydrogens is 581 g/mol.